The lowest BCUT2D eigenvalue weighted by Crippen LogP contribution is -2.18. The summed E-state index contributed by atoms with van der Waals surface area (Å²) < 4.78 is 5.36. The smallest absolute Gasteiger partial charge is 0.410 e. The average Bonchev–Trinajstić information content (AvgIpc) is 2.39. The van der Waals surface area contributed by atoms with Gasteiger partial charge in [-0.2, -0.15) is 0 Å². The van der Waals surface area contributed by atoms with Crippen LogP contribution in [0.5, 0.6) is 5.75 Å². The second-order valence-electron chi connectivity index (χ2n) is 5.20. The molecule has 2 aromatic carbocycles. The first-order valence-corrected chi connectivity index (χ1v) is 7.07. The molecule has 2 aromatic rings. The van der Waals surface area contributed by atoms with Crippen LogP contribution in [0.1, 0.15) is 22.3 Å². The van der Waals surface area contributed by atoms with Crippen molar-refractivity contribution in [3.05, 3.63) is 57.6 Å². The van der Waals surface area contributed by atoms with Gasteiger partial charge in [-0.3, -0.25) is 5.32 Å². The summed E-state index contributed by atoms with van der Waals surface area (Å²) in [4.78, 5) is 12.0. The number of aryl methyl sites for hydroxylation is 4. The molecule has 4 heteroatoms. The Morgan fingerprint density at radius 2 is 1.71 bits per heavy atom. The Labute approximate surface area is 129 Å². The molecular formula is C17H18ClNO2. The van der Waals surface area contributed by atoms with E-state index in [2.05, 4.69) is 5.32 Å². The normalized spacial score (nSPS) is 10.3. The first kappa shape index (κ1) is 15.4. The van der Waals surface area contributed by atoms with Crippen molar-refractivity contribution in [3.63, 3.8) is 0 Å². The van der Waals surface area contributed by atoms with Gasteiger partial charge in [0, 0.05) is 10.7 Å². The van der Waals surface area contributed by atoms with Gasteiger partial charge < -0.3 is 4.74 Å². The van der Waals surface area contributed by atoms with Crippen molar-refractivity contribution in [2.24, 2.45) is 0 Å². The number of ether oxygens (including phenoxy) is 1. The maximum absolute atomic E-state index is 12.0. The number of hydrogen-bond acceptors (Lipinski definition) is 2. The number of anilines is 1. The first-order valence-electron chi connectivity index (χ1n) is 6.69. The zero-order chi connectivity index (χ0) is 15.6. The number of hydrogen-bond donors (Lipinski definition) is 1. The van der Waals surface area contributed by atoms with Crippen molar-refractivity contribution in [1.29, 1.82) is 0 Å². The van der Waals surface area contributed by atoms with Gasteiger partial charge in [0.1, 0.15) is 5.75 Å². The number of rotatable bonds is 2. The van der Waals surface area contributed by atoms with Gasteiger partial charge in [-0.1, -0.05) is 29.3 Å². The molecule has 0 fully saturated rings. The molecule has 0 bridgehead atoms. The summed E-state index contributed by atoms with van der Waals surface area (Å²) in [6.45, 7) is 7.68. The van der Waals surface area contributed by atoms with Crippen molar-refractivity contribution in [1.82, 2.24) is 0 Å². The highest BCUT2D eigenvalue weighted by Crippen LogP contribution is 2.26. The van der Waals surface area contributed by atoms with Crippen LogP contribution in [0.25, 0.3) is 0 Å². The number of halogens is 1. The highest BCUT2D eigenvalue weighted by Gasteiger charge is 2.10. The highest BCUT2D eigenvalue weighted by atomic mass is 35.5. The van der Waals surface area contributed by atoms with Gasteiger partial charge in [0.15, 0.2) is 0 Å². The number of amides is 1. The van der Waals surface area contributed by atoms with Crippen LogP contribution >= 0.6 is 11.6 Å². The minimum Gasteiger partial charge on any atom is -0.410 e. The molecule has 3 nitrogen and oxygen atoms in total. The fourth-order valence-electron chi connectivity index (χ4n) is 2.05. The Balaban J connectivity index is 2.13. The average molecular weight is 304 g/mol. The van der Waals surface area contributed by atoms with Crippen molar-refractivity contribution < 1.29 is 9.53 Å². The van der Waals surface area contributed by atoms with E-state index in [1.807, 2.05) is 45.9 Å². The van der Waals surface area contributed by atoms with Gasteiger partial charge in [-0.05, 0) is 62.6 Å². The van der Waals surface area contributed by atoms with Crippen LogP contribution in [0.3, 0.4) is 0 Å². The summed E-state index contributed by atoms with van der Waals surface area (Å²) in [5, 5.41) is 3.41. The van der Waals surface area contributed by atoms with E-state index >= 15 is 0 Å². The third-order valence-electron chi connectivity index (χ3n) is 3.28. The van der Waals surface area contributed by atoms with E-state index in [-0.39, 0.29) is 0 Å². The van der Waals surface area contributed by atoms with Gasteiger partial charge in [-0.25, -0.2) is 4.79 Å². The minimum absolute atomic E-state index is 0.508. The fourth-order valence-corrected chi connectivity index (χ4v) is 2.27. The van der Waals surface area contributed by atoms with Crippen LogP contribution in [0.2, 0.25) is 5.02 Å². The van der Waals surface area contributed by atoms with E-state index in [4.69, 9.17) is 16.3 Å². The molecule has 0 spiro atoms. The quantitative estimate of drug-likeness (QED) is 0.829. The Kier molecular flexibility index (Phi) is 4.53. The van der Waals surface area contributed by atoms with E-state index in [9.17, 15) is 4.79 Å². The van der Waals surface area contributed by atoms with Crippen molar-refractivity contribution in [3.8, 4) is 5.75 Å². The SMILES string of the molecule is Cc1ccc(NC(=O)Oc2cc(C)c(Cl)cc2C)c(C)c1. The number of carbonyl (C=O) groups excluding carboxylic acids is 1. The van der Waals surface area contributed by atoms with Gasteiger partial charge in [0.2, 0.25) is 0 Å². The zero-order valence-electron chi connectivity index (χ0n) is 12.6. The largest absolute Gasteiger partial charge is 0.417 e. The van der Waals surface area contributed by atoms with Crippen LogP contribution < -0.4 is 10.1 Å². The van der Waals surface area contributed by atoms with E-state index in [1.165, 1.54) is 0 Å². The third-order valence-corrected chi connectivity index (χ3v) is 3.68. The summed E-state index contributed by atoms with van der Waals surface area (Å²) in [6, 6.07) is 9.37. The molecule has 2 rings (SSSR count). The molecule has 0 atom stereocenters. The zero-order valence-corrected chi connectivity index (χ0v) is 13.3. The molecule has 1 amide bonds. The maximum atomic E-state index is 12.0. The molecular weight excluding hydrogens is 286 g/mol. The van der Waals surface area contributed by atoms with Crippen LogP contribution in [0.4, 0.5) is 10.5 Å². The molecule has 0 radical (unpaired) electrons. The van der Waals surface area contributed by atoms with E-state index in [0.29, 0.717) is 10.8 Å². The Morgan fingerprint density at radius 1 is 1.00 bits per heavy atom. The van der Waals surface area contributed by atoms with Crippen LogP contribution in [0, 0.1) is 27.7 Å². The van der Waals surface area contributed by atoms with E-state index in [1.54, 1.807) is 12.1 Å². The van der Waals surface area contributed by atoms with Crippen LogP contribution in [0.15, 0.2) is 30.3 Å². The van der Waals surface area contributed by atoms with E-state index in [0.717, 1.165) is 27.9 Å². The lowest BCUT2D eigenvalue weighted by atomic mass is 10.1. The fraction of sp³-hybridized carbons (Fsp3) is 0.235. The monoisotopic (exact) mass is 303 g/mol. The third kappa shape index (κ3) is 3.76. The summed E-state index contributed by atoms with van der Waals surface area (Å²) in [5.74, 6) is 0.513. The molecule has 1 N–H and O–H groups in total. The predicted octanol–water partition coefficient (Wildman–Crippen LogP) is 5.18. The second kappa shape index (κ2) is 6.19. The minimum atomic E-state index is -0.508. The summed E-state index contributed by atoms with van der Waals surface area (Å²) in [5.41, 5.74) is 4.58. The summed E-state index contributed by atoms with van der Waals surface area (Å²) in [6.07, 6.45) is -0.508. The summed E-state index contributed by atoms with van der Waals surface area (Å²) in [7, 11) is 0. The maximum Gasteiger partial charge on any atom is 0.417 e. The number of carbonyl (C=O) groups is 1. The van der Waals surface area contributed by atoms with Gasteiger partial charge in [0.05, 0.1) is 0 Å². The predicted molar refractivity (Wildman–Crippen MR) is 86.5 cm³/mol. The molecule has 0 heterocycles. The molecule has 0 aliphatic heterocycles. The summed E-state index contributed by atoms with van der Waals surface area (Å²) >= 11 is 6.03. The molecule has 0 aliphatic carbocycles. The number of nitrogens with one attached hydrogen (secondary N) is 1. The lowest BCUT2D eigenvalue weighted by molar-refractivity contribution is 0.215. The van der Waals surface area contributed by atoms with Crippen LogP contribution in [-0.4, -0.2) is 6.09 Å². The molecule has 0 aromatic heterocycles. The van der Waals surface area contributed by atoms with Gasteiger partial charge in [0.25, 0.3) is 0 Å². The number of benzene rings is 2. The molecule has 0 aliphatic rings. The topological polar surface area (TPSA) is 38.3 Å². The molecule has 21 heavy (non-hydrogen) atoms. The molecule has 110 valence electrons. The van der Waals surface area contributed by atoms with Crippen molar-refractivity contribution >= 4 is 23.4 Å². The van der Waals surface area contributed by atoms with Crippen LogP contribution in [-0.2, 0) is 0 Å². The van der Waals surface area contributed by atoms with Gasteiger partial charge in [-0.15, -0.1) is 0 Å². The molecule has 0 saturated heterocycles. The molecule has 0 unspecified atom stereocenters. The highest BCUT2D eigenvalue weighted by molar-refractivity contribution is 6.31. The standard InChI is InChI=1S/C17H18ClNO2/c1-10-5-6-15(12(3)7-10)19-17(20)21-16-9-11(2)14(18)8-13(16)4/h5-9H,1-4H3,(H,19,20). The van der Waals surface area contributed by atoms with Crippen molar-refractivity contribution in [2.45, 2.75) is 27.7 Å². The van der Waals surface area contributed by atoms with Crippen molar-refractivity contribution in [2.75, 3.05) is 5.32 Å². The lowest BCUT2D eigenvalue weighted by Gasteiger charge is -2.12. The Bertz CT molecular complexity index is 695. The first-order chi connectivity index (χ1) is 9.86. The van der Waals surface area contributed by atoms with Gasteiger partial charge >= 0.3 is 6.09 Å². The Hall–Kier alpha value is -2.00. The van der Waals surface area contributed by atoms with E-state index < -0.39 is 6.09 Å². The Morgan fingerprint density at radius 3 is 2.38 bits per heavy atom. The second-order valence-corrected chi connectivity index (χ2v) is 5.61. The molecule has 0 saturated carbocycles.